The van der Waals surface area contributed by atoms with E-state index in [1.54, 1.807) is 12.4 Å². The normalized spacial score (nSPS) is 17.4. The van der Waals surface area contributed by atoms with Gasteiger partial charge in [0, 0.05) is 51.3 Å². The van der Waals surface area contributed by atoms with Crippen LogP contribution in [0.25, 0.3) is 0 Å². The van der Waals surface area contributed by atoms with Crippen LogP contribution in [0.5, 0.6) is 0 Å². The maximum absolute atomic E-state index is 12.5. The molecule has 7 heteroatoms. The number of ether oxygens (including phenoxy) is 1. The lowest BCUT2D eigenvalue weighted by Gasteiger charge is -2.28. The average Bonchev–Trinajstić information content (AvgIpc) is 2.73. The topological polar surface area (TPSA) is 80.2 Å². The van der Waals surface area contributed by atoms with Gasteiger partial charge in [-0.05, 0) is 42.4 Å². The molecule has 0 aromatic carbocycles. The van der Waals surface area contributed by atoms with E-state index in [9.17, 15) is 4.79 Å². The van der Waals surface area contributed by atoms with Crippen molar-refractivity contribution in [2.75, 3.05) is 19.8 Å². The first-order valence-corrected chi connectivity index (χ1v) is 9.61. The molecule has 0 aliphatic carbocycles. The summed E-state index contributed by atoms with van der Waals surface area (Å²) >= 11 is 0. The summed E-state index contributed by atoms with van der Waals surface area (Å²) in [4.78, 5) is 27.7. The zero-order chi connectivity index (χ0) is 18.5. The summed E-state index contributed by atoms with van der Waals surface area (Å²) in [5, 5.41) is 2.97. The van der Waals surface area contributed by atoms with Crippen molar-refractivity contribution in [3.63, 3.8) is 0 Å². The zero-order valence-corrected chi connectivity index (χ0v) is 15.4. The molecule has 2 aliphatic rings. The Kier molecular flexibility index (Phi) is 5.58. The van der Waals surface area contributed by atoms with Crippen molar-refractivity contribution in [1.82, 2.24) is 25.2 Å². The van der Waals surface area contributed by atoms with Crippen molar-refractivity contribution < 1.29 is 9.53 Å². The third kappa shape index (κ3) is 4.60. The molecule has 0 saturated carbocycles. The van der Waals surface area contributed by atoms with Crippen LogP contribution < -0.4 is 5.32 Å². The number of aromatic nitrogens is 3. The second-order valence-corrected chi connectivity index (χ2v) is 7.21. The van der Waals surface area contributed by atoms with Crippen LogP contribution >= 0.6 is 0 Å². The van der Waals surface area contributed by atoms with Gasteiger partial charge in [-0.25, -0.2) is 14.8 Å². The largest absolute Gasteiger partial charge is 0.381 e. The van der Waals surface area contributed by atoms with Crippen LogP contribution in [0.1, 0.15) is 35.5 Å². The Morgan fingerprint density at radius 1 is 1.30 bits per heavy atom. The monoisotopic (exact) mass is 367 g/mol. The van der Waals surface area contributed by atoms with Crippen LogP contribution in [0.15, 0.2) is 30.7 Å². The molecule has 0 spiro atoms. The van der Waals surface area contributed by atoms with Gasteiger partial charge in [0.1, 0.15) is 5.82 Å². The molecule has 0 unspecified atom stereocenters. The lowest BCUT2D eigenvalue weighted by molar-refractivity contribution is 0.0659. The predicted molar refractivity (Wildman–Crippen MR) is 99.9 cm³/mol. The van der Waals surface area contributed by atoms with E-state index in [1.807, 2.05) is 23.2 Å². The van der Waals surface area contributed by atoms with Crippen LogP contribution in [0.2, 0.25) is 0 Å². The van der Waals surface area contributed by atoms with E-state index >= 15 is 0 Å². The molecule has 2 aromatic heterocycles. The fourth-order valence-corrected chi connectivity index (χ4v) is 3.62. The van der Waals surface area contributed by atoms with E-state index in [4.69, 9.17) is 9.72 Å². The Balaban J connectivity index is 1.36. The number of urea groups is 1. The third-order valence-electron chi connectivity index (χ3n) is 5.26. The van der Waals surface area contributed by atoms with Gasteiger partial charge in [-0.2, -0.15) is 0 Å². The van der Waals surface area contributed by atoms with Gasteiger partial charge in [0.25, 0.3) is 0 Å². The Labute approximate surface area is 159 Å². The van der Waals surface area contributed by atoms with Crippen molar-refractivity contribution in [1.29, 1.82) is 0 Å². The van der Waals surface area contributed by atoms with E-state index in [-0.39, 0.29) is 6.03 Å². The summed E-state index contributed by atoms with van der Waals surface area (Å²) in [6.07, 6.45) is 9.28. The van der Waals surface area contributed by atoms with Crippen molar-refractivity contribution in [3.8, 4) is 0 Å². The number of pyridine rings is 1. The molecular formula is C20H25N5O2. The van der Waals surface area contributed by atoms with Crippen LogP contribution in [0.3, 0.4) is 0 Å². The van der Waals surface area contributed by atoms with Crippen LogP contribution in [-0.4, -0.2) is 45.6 Å². The minimum Gasteiger partial charge on any atom is -0.381 e. The molecule has 2 aromatic rings. The minimum atomic E-state index is -0.0610. The number of nitrogens with one attached hydrogen (secondary N) is 1. The summed E-state index contributed by atoms with van der Waals surface area (Å²) in [5.74, 6) is 1.48. The number of nitrogens with zero attached hydrogens (tertiary/aromatic N) is 4. The highest BCUT2D eigenvalue weighted by atomic mass is 16.5. The van der Waals surface area contributed by atoms with Crippen molar-refractivity contribution in [2.24, 2.45) is 5.92 Å². The third-order valence-corrected chi connectivity index (χ3v) is 5.26. The first-order valence-electron chi connectivity index (χ1n) is 9.61. The lowest BCUT2D eigenvalue weighted by atomic mass is 9.96. The molecule has 0 radical (unpaired) electrons. The predicted octanol–water partition coefficient (Wildman–Crippen LogP) is 2.11. The first-order chi connectivity index (χ1) is 13.3. The summed E-state index contributed by atoms with van der Waals surface area (Å²) in [5.41, 5.74) is 3.13. The number of carbonyl (C=O) groups excluding carboxylic acids is 1. The van der Waals surface area contributed by atoms with Gasteiger partial charge in [0.15, 0.2) is 0 Å². The minimum absolute atomic E-state index is 0.0610. The van der Waals surface area contributed by atoms with E-state index < -0.39 is 0 Å². The summed E-state index contributed by atoms with van der Waals surface area (Å²) in [6, 6.07) is 3.76. The molecule has 142 valence electrons. The smallest absolute Gasteiger partial charge is 0.318 e. The van der Waals surface area contributed by atoms with Gasteiger partial charge in [-0.15, -0.1) is 0 Å². The highest BCUT2D eigenvalue weighted by Crippen LogP contribution is 2.21. The van der Waals surface area contributed by atoms with Gasteiger partial charge in [-0.3, -0.25) is 4.98 Å². The van der Waals surface area contributed by atoms with Crippen LogP contribution in [0.4, 0.5) is 4.79 Å². The summed E-state index contributed by atoms with van der Waals surface area (Å²) in [6.45, 7) is 3.38. The van der Waals surface area contributed by atoms with Gasteiger partial charge in [0.05, 0.1) is 12.2 Å². The van der Waals surface area contributed by atoms with Crippen LogP contribution in [0, 0.1) is 5.92 Å². The Bertz CT molecular complexity index is 777. The van der Waals surface area contributed by atoms with Gasteiger partial charge < -0.3 is 15.0 Å². The molecule has 27 heavy (non-hydrogen) atoms. The molecule has 1 saturated heterocycles. The maximum Gasteiger partial charge on any atom is 0.318 e. The fraction of sp³-hybridized carbons (Fsp3) is 0.500. The molecular weight excluding hydrogens is 342 g/mol. The number of carbonyl (C=O) groups is 1. The Morgan fingerprint density at radius 3 is 3.00 bits per heavy atom. The molecule has 2 aliphatic heterocycles. The van der Waals surface area contributed by atoms with Crippen LogP contribution in [-0.2, 0) is 30.7 Å². The van der Waals surface area contributed by atoms with E-state index in [0.717, 1.165) is 61.5 Å². The number of amides is 2. The second-order valence-electron chi connectivity index (χ2n) is 7.21. The highest BCUT2D eigenvalue weighted by molar-refractivity contribution is 5.74. The molecule has 0 bridgehead atoms. The van der Waals surface area contributed by atoms with E-state index in [1.165, 1.54) is 0 Å². The maximum atomic E-state index is 12.5. The average molecular weight is 367 g/mol. The SMILES string of the molecule is O=C(NCc1cccnc1)N1CCc2cnc(CC3CCOCC3)nc2C1. The quantitative estimate of drug-likeness (QED) is 0.895. The molecule has 1 fully saturated rings. The van der Waals surface area contributed by atoms with Gasteiger partial charge >= 0.3 is 6.03 Å². The van der Waals surface area contributed by atoms with Gasteiger partial charge in [0.2, 0.25) is 0 Å². The van der Waals surface area contributed by atoms with Crippen molar-refractivity contribution in [2.45, 2.75) is 38.8 Å². The number of hydrogen-bond donors (Lipinski definition) is 1. The number of rotatable bonds is 4. The van der Waals surface area contributed by atoms with Crippen molar-refractivity contribution in [3.05, 3.63) is 53.4 Å². The van der Waals surface area contributed by atoms with Gasteiger partial charge in [-0.1, -0.05) is 6.07 Å². The molecule has 4 rings (SSSR count). The Morgan fingerprint density at radius 2 is 2.19 bits per heavy atom. The number of hydrogen-bond acceptors (Lipinski definition) is 5. The molecule has 0 atom stereocenters. The molecule has 7 nitrogen and oxygen atoms in total. The summed E-state index contributed by atoms with van der Waals surface area (Å²) in [7, 11) is 0. The standard InChI is InChI=1S/C20H25N5O2/c26-20(23-12-16-2-1-6-21-11-16)25-7-3-17-13-22-19(24-18(17)14-25)10-15-4-8-27-9-5-15/h1-2,6,11,13,15H,3-5,7-10,12,14H2,(H,23,26). The molecule has 4 heterocycles. The second kappa shape index (κ2) is 8.43. The fourth-order valence-electron chi connectivity index (χ4n) is 3.62. The molecule has 1 N–H and O–H groups in total. The summed E-state index contributed by atoms with van der Waals surface area (Å²) < 4.78 is 5.43. The molecule has 2 amide bonds. The van der Waals surface area contributed by atoms with E-state index in [2.05, 4.69) is 15.3 Å². The Hall–Kier alpha value is -2.54. The highest BCUT2D eigenvalue weighted by Gasteiger charge is 2.23. The lowest BCUT2D eigenvalue weighted by Crippen LogP contribution is -2.43. The number of fused-ring (bicyclic) bond motifs is 1. The first kappa shape index (κ1) is 17.9. The zero-order valence-electron chi connectivity index (χ0n) is 15.4. The van der Waals surface area contributed by atoms with Crippen molar-refractivity contribution >= 4 is 6.03 Å². The van der Waals surface area contributed by atoms with E-state index in [0.29, 0.717) is 25.6 Å².